The van der Waals surface area contributed by atoms with Crippen molar-refractivity contribution in [2.75, 3.05) is 13.1 Å². The second kappa shape index (κ2) is 9.12. The van der Waals surface area contributed by atoms with Crippen molar-refractivity contribution >= 4 is 17.7 Å². The fourth-order valence-corrected chi connectivity index (χ4v) is 1.90. The van der Waals surface area contributed by atoms with E-state index in [-0.39, 0.29) is 29.8 Å². The average Bonchev–Trinajstić information content (AvgIpc) is 2.83. The number of hydrogen-bond donors (Lipinski definition) is 2. The van der Waals surface area contributed by atoms with E-state index >= 15 is 0 Å². The zero-order chi connectivity index (χ0) is 15.7. The lowest BCUT2D eigenvalue weighted by molar-refractivity contribution is -0.128. The fraction of sp³-hybridized carbons (Fsp3) is 0.643. The molecule has 1 aliphatic rings. The smallest absolute Gasteiger partial charge is 0.243 e. The molecule has 0 spiro atoms. The molecule has 0 saturated carbocycles. The molecule has 1 aliphatic heterocycles. The molecule has 6 nitrogen and oxygen atoms in total. The summed E-state index contributed by atoms with van der Waals surface area (Å²) in [4.78, 5) is 35.6. The van der Waals surface area contributed by atoms with Crippen molar-refractivity contribution in [2.24, 2.45) is 0 Å². The van der Waals surface area contributed by atoms with Gasteiger partial charge in [-0.3, -0.25) is 14.4 Å². The first-order valence-electron chi connectivity index (χ1n) is 6.95. The van der Waals surface area contributed by atoms with Crippen LogP contribution in [-0.4, -0.2) is 47.8 Å². The lowest BCUT2D eigenvalue weighted by Gasteiger charge is -2.19. The van der Waals surface area contributed by atoms with Gasteiger partial charge in [0.2, 0.25) is 17.7 Å². The van der Waals surface area contributed by atoms with E-state index in [0.29, 0.717) is 19.5 Å². The van der Waals surface area contributed by atoms with Gasteiger partial charge in [0.15, 0.2) is 0 Å². The van der Waals surface area contributed by atoms with Gasteiger partial charge >= 0.3 is 0 Å². The van der Waals surface area contributed by atoms with Gasteiger partial charge in [0.25, 0.3) is 0 Å². The molecular formula is C14H25N3O3. The van der Waals surface area contributed by atoms with Crippen molar-refractivity contribution in [1.82, 2.24) is 15.5 Å². The average molecular weight is 283 g/mol. The standard InChI is InChI=1S/C12H19N3O3.C2H6/c1-4-11(17)13-9-6-15(8(3)16)7-10(9)14-12(18)5-2;1-2/h4,9-10H,1,5-7H2,2-3H3,(H,13,17)(H,14,18);1-2H3. The Hall–Kier alpha value is -1.85. The summed E-state index contributed by atoms with van der Waals surface area (Å²) in [6, 6.07) is -0.514. The van der Waals surface area contributed by atoms with E-state index in [1.165, 1.54) is 13.0 Å². The van der Waals surface area contributed by atoms with Crippen LogP contribution in [-0.2, 0) is 14.4 Å². The van der Waals surface area contributed by atoms with Crippen molar-refractivity contribution < 1.29 is 14.4 Å². The molecule has 0 aromatic heterocycles. The summed E-state index contributed by atoms with van der Waals surface area (Å²) >= 11 is 0. The summed E-state index contributed by atoms with van der Waals surface area (Å²) in [5.74, 6) is -0.467. The van der Waals surface area contributed by atoms with Gasteiger partial charge in [-0.25, -0.2) is 0 Å². The third-order valence-electron chi connectivity index (χ3n) is 2.95. The third-order valence-corrected chi connectivity index (χ3v) is 2.95. The second-order valence-electron chi connectivity index (χ2n) is 4.27. The Morgan fingerprint density at radius 2 is 1.70 bits per heavy atom. The summed E-state index contributed by atoms with van der Waals surface area (Å²) in [6.45, 7) is 11.4. The van der Waals surface area contributed by atoms with E-state index in [1.54, 1.807) is 11.8 Å². The minimum atomic E-state index is -0.304. The molecule has 1 fully saturated rings. The molecule has 1 heterocycles. The van der Waals surface area contributed by atoms with Gasteiger partial charge in [-0.2, -0.15) is 0 Å². The Morgan fingerprint density at radius 3 is 2.10 bits per heavy atom. The Bertz CT molecular complexity index is 369. The van der Waals surface area contributed by atoms with Crippen LogP contribution in [0.5, 0.6) is 0 Å². The van der Waals surface area contributed by atoms with Crippen LogP contribution in [0.15, 0.2) is 12.7 Å². The topological polar surface area (TPSA) is 78.5 Å². The van der Waals surface area contributed by atoms with Gasteiger partial charge < -0.3 is 15.5 Å². The SMILES string of the molecule is C=CC(=O)NC1CN(C(C)=O)CC1NC(=O)CC.CC. The molecule has 20 heavy (non-hydrogen) atoms. The van der Waals surface area contributed by atoms with E-state index in [2.05, 4.69) is 17.2 Å². The number of carbonyl (C=O) groups excluding carboxylic acids is 3. The molecule has 6 heteroatoms. The summed E-state index contributed by atoms with van der Waals surface area (Å²) in [5.41, 5.74) is 0. The van der Waals surface area contributed by atoms with Crippen LogP contribution in [0.3, 0.4) is 0 Å². The predicted octanol–water partition coefficient (Wildman–Crippen LogP) is 0.440. The summed E-state index contributed by atoms with van der Waals surface area (Å²) in [7, 11) is 0. The normalized spacial score (nSPS) is 20.5. The van der Waals surface area contributed by atoms with Crippen LogP contribution in [0.4, 0.5) is 0 Å². The maximum absolute atomic E-state index is 11.4. The zero-order valence-corrected chi connectivity index (χ0v) is 12.7. The van der Waals surface area contributed by atoms with Crippen molar-refractivity contribution in [3.8, 4) is 0 Å². The predicted molar refractivity (Wildman–Crippen MR) is 78.0 cm³/mol. The maximum Gasteiger partial charge on any atom is 0.243 e. The highest BCUT2D eigenvalue weighted by Gasteiger charge is 2.35. The van der Waals surface area contributed by atoms with Crippen molar-refractivity contribution in [3.05, 3.63) is 12.7 Å². The number of nitrogens with one attached hydrogen (secondary N) is 2. The van der Waals surface area contributed by atoms with Crippen LogP contribution in [0.2, 0.25) is 0 Å². The molecule has 114 valence electrons. The summed E-state index contributed by atoms with van der Waals surface area (Å²) in [5, 5.41) is 5.54. The first kappa shape index (κ1) is 18.1. The molecule has 2 atom stereocenters. The van der Waals surface area contributed by atoms with Gasteiger partial charge in [-0.05, 0) is 6.08 Å². The minimum absolute atomic E-state index is 0.0684. The first-order chi connectivity index (χ1) is 9.47. The van der Waals surface area contributed by atoms with E-state index in [1.807, 2.05) is 13.8 Å². The van der Waals surface area contributed by atoms with Crippen LogP contribution < -0.4 is 10.6 Å². The number of carbonyl (C=O) groups is 3. The number of rotatable bonds is 4. The molecule has 0 radical (unpaired) electrons. The van der Waals surface area contributed by atoms with Gasteiger partial charge in [-0.1, -0.05) is 27.4 Å². The molecule has 0 bridgehead atoms. The van der Waals surface area contributed by atoms with Gasteiger partial charge in [0, 0.05) is 26.4 Å². The van der Waals surface area contributed by atoms with E-state index in [9.17, 15) is 14.4 Å². The molecule has 1 saturated heterocycles. The van der Waals surface area contributed by atoms with Gasteiger partial charge in [0.05, 0.1) is 12.1 Å². The number of likely N-dealkylation sites (tertiary alicyclic amines) is 1. The van der Waals surface area contributed by atoms with E-state index in [0.717, 1.165) is 0 Å². The van der Waals surface area contributed by atoms with E-state index in [4.69, 9.17) is 0 Å². The van der Waals surface area contributed by atoms with Gasteiger partial charge in [0.1, 0.15) is 0 Å². The molecule has 1 rings (SSSR count). The fourth-order valence-electron chi connectivity index (χ4n) is 1.90. The minimum Gasteiger partial charge on any atom is -0.349 e. The lowest BCUT2D eigenvalue weighted by atomic mass is 10.1. The van der Waals surface area contributed by atoms with Crippen LogP contribution in [0, 0.1) is 0 Å². The van der Waals surface area contributed by atoms with Crippen LogP contribution >= 0.6 is 0 Å². The molecule has 0 aromatic rings. The quantitative estimate of drug-likeness (QED) is 0.735. The molecule has 3 amide bonds. The highest BCUT2D eigenvalue weighted by molar-refractivity contribution is 5.87. The maximum atomic E-state index is 11.4. The second-order valence-corrected chi connectivity index (χ2v) is 4.27. The van der Waals surface area contributed by atoms with Crippen molar-refractivity contribution in [1.29, 1.82) is 0 Å². The van der Waals surface area contributed by atoms with Crippen LogP contribution in [0.25, 0.3) is 0 Å². The number of amides is 3. The van der Waals surface area contributed by atoms with Crippen molar-refractivity contribution in [2.45, 2.75) is 46.2 Å². The number of nitrogens with zero attached hydrogens (tertiary/aromatic N) is 1. The summed E-state index contributed by atoms with van der Waals surface area (Å²) < 4.78 is 0. The van der Waals surface area contributed by atoms with E-state index < -0.39 is 0 Å². The van der Waals surface area contributed by atoms with Crippen molar-refractivity contribution in [3.63, 3.8) is 0 Å². The first-order valence-corrected chi connectivity index (χ1v) is 6.95. The molecular weight excluding hydrogens is 258 g/mol. The summed E-state index contributed by atoms with van der Waals surface area (Å²) in [6.07, 6.45) is 1.55. The Morgan fingerprint density at radius 1 is 1.20 bits per heavy atom. The Balaban J connectivity index is 0.00000172. The molecule has 2 unspecified atom stereocenters. The Kier molecular flexibility index (Phi) is 8.27. The molecule has 0 aromatic carbocycles. The monoisotopic (exact) mass is 283 g/mol. The third kappa shape index (κ3) is 5.42. The molecule has 2 N–H and O–H groups in total. The zero-order valence-electron chi connectivity index (χ0n) is 12.7. The lowest BCUT2D eigenvalue weighted by Crippen LogP contribution is -2.50. The number of hydrogen-bond acceptors (Lipinski definition) is 3. The highest BCUT2D eigenvalue weighted by atomic mass is 16.2. The molecule has 0 aliphatic carbocycles. The Labute approximate surface area is 120 Å². The van der Waals surface area contributed by atoms with Gasteiger partial charge in [-0.15, -0.1) is 0 Å². The largest absolute Gasteiger partial charge is 0.349 e. The highest BCUT2D eigenvalue weighted by Crippen LogP contribution is 2.11. The van der Waals surface area contributed by atoms with Crippen LogP contribution in [0.1, 0.15) is 34.1 Å².